The van der Waals surface area contributed by atoms with Crippen LogP contribution in [0.25, 0.3) is 0 Å². The summed E-state index contributed by atoms with van der Waals surface area (Å²) in [6.45, 7) is 2.22. The Morgan fingerprint density at radius 3 is 2.50 bits per heavy atom. The number of thioether (sulfide) groups is 1. The van der Waals surface area contributed by atoms with Crippen molar-refractivity contribution in [3.05, 3.63) is 0 Å². The Kier molecular flexibility index (Phi) is 3.05. The molecule has 1 aliphatic rings. The molecule has 0 amide bonds. The van der Waals surface area contributed by atoms with Crippen molar-refractivity contribution in [2.75, 3.05) is 11.5 Å². The van der Waals surface area contributed by atoms with Gasteiger partial charge in [0.25, 0.3) is 0 Å². The Morgan fingerprint density at radius 1 is 1.40 bits per heavy atom. The third-order valence-corrected chi connectivity index (χ3v) is 3.22. The van der Waals surface area contributed by atoms with E-state index < -0.39 is 0 Å². The highest BCUT2D eigenvalue weighted by Gasteiger charge is 2.25. The van der Waals surface area contributed by atoms with Crippen molar-refractivity contribution in [3.8, 4) is 0 Å². The molecule has 0 saturated carbocycles. The predicted octanol–water partition coefficient (Wildman–Crippen LogP) is 2.01. The van der Waals surface area contributed by atoms with E-state index >= 15 is 0 Å². The summed E-state index contributed by atoms with van der Waals surface area (Å²) in [6, 6.07) is 0. The van der Waals surface area contributed by atoms with Crippen LogP contribution in [0.2, 0.25) is 0 Å². The van der Waals surface area contributed by atoms with E-state index in [0.29, 0.717) is 0 Å². The van der Waals surface area contributed by atoms with Crippen LogP contribution in [0.5, 0.6) is 0 Å². The van der Waals surface area contributed by atoms with Gasteiger partial charge in [0, 0.05) is 5.54 Å². The molecule has 0 aromatic heterocycles. The van der Waals surface area contributed by atoms with Crippen LogP contribution >= 0.6 is 11.8 Å². The molecule has 1 fully saturated rings. The predicted molar refractivity (Wildman–Crippen MR) is 48.4 cm³/mol. The van der Waals surface area contributed by atoms with E-state index in [1.54, 1.807) is 0 Å². The maximum Gasteiger partial charge on any atom is 0.0170 e. The molecule has 0 aliphatic carbocycles. The Bertz CT molecular complexity index is 91.9. The third kappa shape index (κ3) is 2.17. The second-order valence-corrected chi connectivity index (χ2v) is 4.45. The Hall–Kier alpha value is 0.310. The Morgan fingerprint density at radius 2 is 2.00 bits per heavy atom. The van der Waals surface area contributed by atoms with Gasteiger partial charge in [-0.25, -0.2) is 0 Å². The van der Waals surface area contributed by atoms with E-state index in [4.69, 9.17) is 5.73 Å². The zero-order valence-electron chi connectivity index (χ0n) is 6.73. The molecule has 1 nitrogen and oxygen atoms in total. The summed E-state index contributed by atoms with van der Waals surface area (Å²) in [6.07, 6.45) is 4.91. The van der Waals surface area contributed by atoms with Gasteiger partial charge in [0.2, 0.25) is 0 Å². The minimum atomic E-state index is 0.208. The molecule has 0 atom stereocenters. The van der Waals surface area contributed by atoms with Crippen LogP contribution < -0.4 is 5.73 Å². The quantitative estimate of drug-likeness (QED) is 0.667. The van der Waals surface area contributed by atoms with Gasteiger partial charge in [-0.1, -0.05) is 13.3 Å². The zero-order chi connectivity index (χ0) is 7.45. The van der Waals surface area contributed by atoms with Crippen LogP contribution in [0.1, 0.15) is 32.6 Å². The molecule has 0 spiro atoms. The largest absolute Gasteiger partial charge is 0.325 e. The molecule has 0 aromatic carbocycles. The third-order valence-electron chi connectivity index (χ3n) is 2.24. The highest BCUT2D eigenvalue weighted by atomic mass is 32.2. The van der Waals surface area contributed by atoms with E-state index in [0.717, 1.165) is 0 Å². The number of rotatable bonds is 2. The summed E-state index contributed by atoms with van der Waals surface area (Å²) in [4.78, 5) is 0. The first-order chi connectivity index (χ1) is 4.77. The van der Waals surface area contributed by atoms with Crippen LogP contribution in [0.15, 0.2) is 0 Å². The van der Waals surface area contributed by atoms with Crippen LogP contribution in [0.3, 0.4) is 0 Å². The van der Waals surface area contributed by atoms with Crippen LogP contribution in [-0.2, 0) is 0 Å². The van der Waals surface area contributed by atoms with Crippen LogP contribution in [0.4, 0.5) is 0 Å². The Labute approximate surface area is 67.8 Å². The minimum absolute atomic E-state index is 0.208. The average Bonchev–Trinajstić information content (AvgIpc) is 1.89. The van der Waals surface area contributed by atoms with Crippen molar-refractivity contribution in [1.82, 2.24) is 0 Å². The van der Waals surface area contributed by atoms with Gasteiger partial charge in [-0.05, 0) is 30.8 Å². The van der Waals surface area contributed by atoms with Gasteiger partial charge in [0.15, 0.2) is 0 Å². The fraction of sp³-hybridized carbons (Fsp3) is 1.00. The molecule has 2 N–H and O–H groups in total. The normalized spacial score (nSPS) is 24.6. The molecule has 2 heteroatoms. The second-order valence-electron chi connectivity index (χ2n) is 3.22. The molecular formula is C8H17NS. The van der Waals surface area contributed by atoms with Gasteiger partial charge >= 0.3 is 0 Å². The summed E-state index contributed by atoms with van der Waals surface area (Å²) in [5.74, 6) is 2.55. The Balaban J connectivity index is 2.32. The van der Waals surface area contributed by atoms with E-state index in [1.807, 2.05) is 11.8 Å². The van der Waals surface area contributed by atoms with Gasteiger partial charge in [-0.3, -0.25) is 0 Å². The second kappa shape index (κ2) is 3.63. The van der Waals surface area contributed by atoms with E-state index in [9.17, 15) is 0 Å². The summed E-state index contributed by atoms with van der Waals surface area (Å²) in [5, 5.41) is 0. The van der Waals surface area contributed by atoms with Crippen molar-refractivity contribution < 1.29 is 0 Å². The van der Waals surface area contributed by atoms with Crippen molar-refractivity contribution in [2.45, 2.75) is 38.1 Å². The molecule has 0 unspecified atom stereocenters. The number of hydrogen-bond acceptors (Lipinski definition) is 2. The maximum atomic E-state index is 6.16. The number of hydrogen-bond donors (Lipinski definition) is 1. The van der Waals surface area contributed by atoms with Crippen LogP contribution in [0, 0.1) is 0 Å². The zero-order valence-corrected chi connectivity index (χ0v) is 7.54. The average molecular weight is 159 g/mol. The molecule has 1 heterocycles. The molecule has 10 heavy (non-hydrogen) atoms. The highest BCUT2D eigenvalue weighted by molar-refractivity contribution is 7.99. The molecule has 1 aliphatic heterocycles. The van der Waals surface area contributed by atoms with Crippen molar-refractivity contribution in [1.29, 1.82) is 0 Å². The molecule has 0 bridgehead atoms. The fourth-order valence-corrected chi connectivity index (χ4v) is 2.83. The van der Waals surface area contributed by atoms with Crippen LogP contribution in [-0.4, -0.2) is 17.0 Å². The van der Waals surface area contributed by atoms with Gasteiger partial charge in [0.05, 0.1) is 0 Å². The summed E-state index contributed by atoms with van der Waals surface area (Å²) in [7, 11) is 0. The van der Waals surface area contributed by atoms with Gasteiger partial charge < -0.3 is 5.73 Å². The van der Waals surface area contributed by atoms with Crippen molar-refractivity contribution in [3.63, 3.8) is 0 Å². The molecule has 0 radical (unpaired) electrons. The summed E-state index contributed by atoms with van der Waals surface area (Å²) < 4.78 is 0. The highest BCUT2D eigenvalue weighted by Crippen LogP contribution is 2.28. The summed E-state index contributed by atoms with van der Waals surface area (Å²) >= 11 is 2.04. The lowest BCUT2D eigenvalue weighted by Gasteiger charge is -2.32. The topological polar surface area (TPSA) is 26.0 Å². The summed E-state index contributed by atoms with van der Waals surface area (Å²) in [5.41, 5.74) is 6.36. The fourth-order valence-electron chi connectivity index (χ4n) is 1.53. The lowest BCUT2D eigenvalue weighted by Crippen LogP contribution is -2.42. The lowest BCUT2D eigenvalue weighted by atomic mass is 9.89. The van der Waals surface area contributed by atoms with Crippen molar-refractivity contribution >= 4 is 11.8 Å². The van der Waals surface area contributed by atoms with Gasteiger partial charge in [-0.2, -0.15) is 11.8 Å². The SMILES string of the molecule is CCCC1(N)CCSCC1. The van der Waals surface area contributed by atoms with E-state index in [1.165, 1.54) is 37.2 Å². The smallest absolute Gasteiger partial charge is 0.0170 e. The molecule has 0 aromatic rings. The standard InChI is InChI=1S/C8H17NS/c1-2-3-8(9)4-6-10-7-5-8/h2-7,9H2,1H3. The first kappa shape index (κ1) is 8.41. The van der Waals surface area contributed by atoms with Crippen molar-refractivity contribution in [2.24, 2.45) is 5.73 Å². The molecule has 1 rings (SSSR count). The number of nitrogens with two attached hydrogens (primary N) is 1. The van der Waals surface area contributed by atoms with Gasteiger partial charge in [0.1, 0.15) is 0 Å². The van der Waals surface area contributed by atoms with E-state index in [2.05, 4.69) is 6.92 Å². The van der Waals surface area contributed by atoms with Gasteiger partial charge in [-0.15, -0.1) is 0 Å². The first-order valence-corrected chi connectivity index (χ1v) is 5.29. The monoisotopic (exact) mass is 159 g/mol. The molecular weight excluding hydrogens is 142 g/mol. The molecule has 60 valence electrons. The van der Waals surface area contributed by atoms with E-state index in [-0.39, 0.29) is 5.54 Å². The first-order valence-electron chi connectivity index (χ1n) is 4.13. The molecule has 1 saturated heterocycles. The maximum absolute atomic E-state index is 6.16. The minimum Gasteiger partial charge on any atom is -0.325 e. The lowest BCUT2D eigenvalue weighted by molar-refractivity contribution is 0.362.